The summed E-state index contributed by atoms with van der Waals surface area (Å²) in [5.41, 5.74) is -0.618. The number of rotatable bonds is 6. The van der Waals surface area contributed by atoms with Crippen LogP contribution in [0.3, 0.4) is 0 Å². The van der Waals surface area contributed by atoms with E-state index in [0.29, 0.717) is 35.8 Å². The molecule has 0 saturated carbocycles. The summed E-state index contributed by atoms with van der Waals surface area (Å²) < 4.78 is 3.27. The van der Waals surface area contributed by atoms with E-state index >= 15 is 0 Å². The summed E-state index contributed by atoms with van der Waals surface area (Å²) in [5, 5.41) is -2.40. The van der Waals surface area contributed by atoms with Gasteiger partial charge >= 0.3 is 0 Å². The standard InChI is InChI=1S/C53H12Br8Cl8N4O8/c54-28-20-21(29(55)33(59)32(28)58)47(75)18(46(20)74)16-7-3-12-14(70-16)5-1-10(44(12)72-50(78)24-25(51(72)79)37(63)41(67)40(66)36(24)62)9-11-2-6-15-13(45(11)73-52(80)26-27(53(73)81)39(65)43(69)42(68)38(26)64)4-8-17(71-15)19-48(76)22-23(49(19)77)31(57)35(61)34(60)30(22)56/h1-8,18-19H,9H2. The number of aromatic nitrogens is 2. The lowest BCUT2D eigenvalue weighted by atomic mass is 9.94. The SMILES string of the molecule is O=C1c2c(Br)c(Br)c(Br)c(Br)c2C(=O)C1c1ccc2c(N3C(=O)c4c(Cl)c(Cl)c(Cl)c(Cl)c4C3=O)c(Cc3ccc4nc(C5C(=O)c6c(Br)c(Br)c(Br)c(Br)c6C5=O)ccc4c3N3C(=O)c4c(Cl)c(Cl)c(Cl)c(Cl)c4C3=O)ccc2n1. The van der Waals surface area contributed by atoms with Gasteiger partial charge in [0.2, 0.25) is 0 Å². The van der Waals surface area contributed by atoms with Crippen molar-refractivity contribution >= 4 is 300 Å². The minimum absolute atomic E-state index is 0.0307. The number of halogens is 16. The molecule has 2 aliphatic carbocycles. The van der Waals surface area contributed by atoms with E-state index in [9.17, 15) is 38.4 Å². The maximum Gasteiger partial charge on any atom is 0.267 e. The molecule has 404 valence electrons. The molecule has 4 aliphatic rings. The summed E-state index contributed by atoms with van der Waals surface area (Å²) in [4.78, 5) is 128. The molecule has 0 bridgehead atoms. The fraction of sp³-hybridized carbons (Fsp3) is 0.0566. The second-order valence-corrected chi connectivity index (χ2v) is 27.5. The highest BCUT2D eigenvalue weighted by Crippen LogP contribution is 2.54. The van der Waals surface area contributed by atoms with Crippen LogP contribution in [-0.4, -0.2) is 56.7 Å². The molecular weight excluding hydrogens is 1740 g/mol. The van der Waals surface area contributed by atoms with Crippen molar-refractivity contribution in [1.29, 1.82) is 0 Å². The maximum absolute atomic E-state index is 14.9. The molecule has 4 heterocycles. The third-order valence-corrected chi connectivity index (χ3v) is 27.2. The third kappa shape index (κ3) is 8.33. The van der Waals surface area contributed by atoms with Gasteiger partial charge in [-0.1, -0.05) is 105 Å². The Bertz CT molecular complexity index is 4110. The zero-order valence-corrected chi connectivity index (χ0v) is 57.3. The van der Waals surface area contributed by atoms with Crippen molar-refractivity contribution in [3.05, 3.63) is 192 Å². The first kappa shape index (κ1) is 58.6. The number of benzene rings is 6. The average molecular weight is 1760 g/mol. The summed E-state index contributed by atoms with van der Waals surface area (Å²) >= 11 is 80.2. The van der Waals surface area contributed by atoms with Crippen LogP contribution in [0.4, 0.5) is 11.4 Å². The predicted molar refractivity (Wildman–Crippen MR) is 339 cm³/mol. The minimum Gasteiger partial charge on any atom is -0.293 e. The molecule has 12 rings (SSSR count). The molecule has 6 aromatic carbocycles. The summed E-state index contributed by atoms with van der Waals surface area (Å²) in [7, 11) is 0. The van der Waals surface area contributed by atoms with Gasteiger partial charge < -0.3 is 0 Å². The topological polar surface area (TPSA) is 169 Å². The zero-order valence-electron chi connectivity index (χ0n) is 38.6. The summed E-state index contributed by atoms with van der Waals surface area (Å²) in [6, 6.07) is 11.9. The predicted octanol–water partition coefficient (Wildman–Crippen LogP) is 19.6. The van der Waals surface area contributed by atoms with Gasteiger partial charge in [0.25, 0.3) is 23.6 Å². The van der Waals surface area contributed by atoms with Crippen LogP contribution < -0.4 is 9.80 Å². The second kappa shape index (κ2) is 21.0. The number of nitrogens with zero attached hydrogens (tertiary/aromatic N) is 4. The number of carbonyl (C=O) groups is 8. The van der Waals surface area contributed by atoms with E-state index in [4.69, 9.17) is 103 Å². The lowest BCUT2D eigenvalue weighted by Gasteiger charge is -2.24. The van der Waals surface area contributed by atoms with Gasteiger partial charge in [0.05, 0.1) is 96.2 Å². The van der Waals surface area contributed by atoms with Gasteiger partial charge in [0, 0.05) is 75.2 Å². The first-order chi connectivity index (χ1) is 38.2. The Morgan fingerprint density at radius 1 is 0.333 bits per heavy atom. The van der Waals surface area contributed by atoms with Gasteiger partial charge in [-0.3, -0.25) is 48.3 Å². The molecule has 0 spiro atoms. The Morgan fingerprint density at radius 3 is 0.852 bits per heavy atom. The van der Waals surface area contributed by atoms with Crippen LogP contribution in [-0.2, 0) is 6.42 Å². The van der Waals surface area contributed by atoms with Crippen molar-refractivity contribution in [1.82, 2.24) is 9.97 Å². The molecule has 0 radical (unpaired) electrons. The van der Waals surface area contributed by atoms with Gasteiger partial charge in [-0.2, -0.15) is 0 Å². The molecule has 2 aliphatic heterocycles. The van der Waals surface area contributed by atoms with Gasteiger partial charge in [0.15, 0.2) is 23.1 Å². The lowest BCUT2D eigenvalue weighted by molar-refractivity contribution is 0.0871. The molecule has 8 aromatic rings. The fourth-order valence-electron chi connectivity index (χ4n) is 10.5. The van der Waals surface area contributed by atoms with Crippen molar-refractivity contribution in [2.45, 2.75) is 18.3 Å². The molecule has 4 amide bonds. The molecule has 0 atom stereocenters. The highest BCUT2D eigenvalue weighted by atomic mass is 79.9. The van der Waals surface area contributed by atoms with E-state index in [1.165, 1.54) is 48.5 Å². The Balaban J connectivity index is 1.06. The van der Waals surface area contributed by atoms with Crippen LogP contribution in [0.25, 0.3) is 21.8 Å². The molecule has 28 heteroatoms. The molecule has 0 N–H and O–H groups in total. The number of anilines is 2. The van der Waals surface area contributed by atoms with Crippen LogP contribution in [0.1, 0.15) is 117 Å². The molecule has 12 nitrogen and oxygen atoms in total. The first-order valence-electron chi connectivity index (χ1n) is 22.5. The highest BCUT2D eigenvalue weighted by Gasteiger charge is 2.49. The number of hydrogen-bond donors (Lipinski definition) is 0. The van der Waals surface area contributed by atoms with Crippen LogP contribution in [0.5, 0.6) is 0 Å². The number of ketones is 4. The number of carbonyl (C=O) groups excluding carboxylic acids is 8. The Morgan fingerprint density at radius 2 is 0.593 bits per heavy atom. The Hall–Kier alpha value is -2.74. The summed E-state index contributed by atoms with van der Waals surface area (Å²) in [6.07, 6.45) is -0.325. The number of imide groups is 2. The third-order valence-electron chi connectivity index (χ3n) is 14.1. The number of hydrogen-bond acceptors (Lipinski definition) is 10. The van der Waals surface area contributed by atoms with Crippen molar-refractivity contribution in [2.24, 2.45) is 0 Å². The first-order valence-corrected chi connectivity index (χ1v) is 31.8. The Labute approximate surface area is 561 Å². The van der Waals surface area contributed by atoms with Crippen molar-refractivity contribution in [3.8, 4) is 0 Å². The molecule has 81 heavy (non-hydrogen) atoms. The van der Waals surface area contributed by atoms with E-state index in [2.05, 4.69) is 127 Å². The van der Waals surface area contributed by atoms with Gasteiger partial charge in [-0.15, -0.1) is 0 Å². The smallest absolute Gasteiger partial charge is 0.267 e. The lowest BCUT2D eigenvalue weighted by Crippen LogP contribution is -2.32. The quantitative estimate of drug-likeness (QED) is 0.0676. The molecule has 2 aromatic heterocycles. The summed E-state index contributed by atoms with van der Waals surface area (Å²) in [5.74, 6) is -8.99. The monoisotopic (exact) mass is 1740 g/mol. The van der Waals surface area contributed by atoms with E-state index < -0.39 is 58.6 Å². The van der Waals surface area contributed by atoms with Gasteiger partial charge in [-0.05, 0) is 175 Å². The second-order valence-electron chi connectivity index (χ2n) is 18.2. The number of amides is 4. The zero-order chi connectivity index (χ0) is 58.3. The van der Waals surface area contributed by atoms with E-state index in [1.807, 2.05) is 0 Å². The van der Waals surface area contributed by atoms with E-state index in [-0.39, 0.29) is 147 Å². The molecule has 0 fully saturated rings. The van der Waals surface area contributed by atoms with Crippen LogP contribution in [0.15, 0.2) is 84.3 Å². The summed E-state index contributed by atoms with van der Waals surface area (Å²) in [6.45, 7) is 0. The van der Waals surface area contributed by atoms with Crippen LogP contribution >= 0.6 is 220 Å². The van der Waals surface area contributed by atoms with Crippen molar-refractivity contribution < 1.29 is 38.4 Å². The van der Waals surface area contributed by atoms with Gasteiger partial charge in [0.1, 0.15) is 11.8 Å². The maximum atomic E-state index is 14.9. The molecular formula is C53H12Br8Cl8N4O8. The number of fused-ring (bicyclic) bond motifs is 6. The molecule has 0 saturated heterocycles. The highest BCUT2D eigenvalue weighted by molar-refractivity contribution is 9.15. The average Bonchev–Trinajstić information content (AvgIpc) is 4.09. The van der Waals surface area contributed by atoms with Crippen LogP contribution in [0, 0.1) is 0 Å². The van der Waals surface area contributed by atoms with E-state index in [1.54, 1.807) is 0 Å². The number of pyridine rings is 2. The van der Waals surface area contributed by atoms with Crippen molar-refractivity contribution in [2.75, 3.05) is 9.80 Å². The minimum atomic E-state index is -1.42. The van der Waals surface area contributed by atoms with E-state index in [0.717, 1.165) is 9.80 Å². The number of Topliss-reactive ketones (excluding diaryl/α,β-unsaturated/α-hetero) is 4. The Kier molecular flexibility index (Phi) is 15.2. The van der Waals surface area contributed by atoms with Gasteiger partial charge in [-0.25, -0.2) is 9.80 Å². The van der Waals surface area contributed by atoms with Crippen LogP contribution in [0.2, 0.25) is 40.2 Å². The normalized spacial score (nSPS) is 15.3. The van der Waals surface area contributed by atoms with Crippen molar-refractivity contribution in [3.63, 3.8) is 0 Å². The molecule has 0 unspecified atom stereocenters. The largest absolute Gasteiger partial charge is 0.293 e. The fourth-order valence-corrected chi connectivity index (χ4v) is 17.5.